The number of piperidine rings is 1. The maximum absolute atomic E-state index is 12.6. The van der Waals surface area contributed by atoms with Crippen molar-refractivity contribution in [2.75, 3.05) is 33.9 Å². The first-order valence-electron chi connectivity index (χ1n) is 8.37. The van der Waals surface area contributed by atoms with Gasteiger partial charge < -0.3 is 20.1 Å². The van der Waals surface area contributed by atoms with E-state index in [0.29, 0.717) is 30.0 Å². The summed E-state index contributed by atoms with van der Waals surface area (Å²) in [4.78, 5) is 12.6. The molecule has 0 radical (unpaired) electrons. The largest absolute Gasteiger partial charge is 0.493 e. The molecule has 1 aliphatic rings. The Bertz CT molecular complexity index is 593. The first kappa shape index (κ1) is 18.3. The van der Waals surface area contributed by atoms with Gasteiger partial charge in [-0.25, -0.2) is 0 Å². The fourth-order valence-electron chi connectivity index (χ4n) is 3.08. The topological polar surface area (TPSA) is 59.6 Å². The average molecular weight is 332 g/mol. The SMILES string of the molecule is C=CCc1cc(C(=O)NCC2(C)CCNCC2)cc(OC)c1OC. The van der Waals surface area contributed by atoms with Crippen molar-refractivity contribution in [1.82, 2.24) is 10.6 Å². The van der Waals surface area contributed by atoms with E-state index in [1.54, 1.807) is 26.4 Å². The van der Waals surface area contributed by atoms with E-state index in [4.69, 9.17) is 9.47 Å². The molecule has 1 heterocycles. The number of allylic oxidation sites excluding steroid dienone is 1. The van der Waals surface area contributed by atoms with Gasteiger partial charge in [0, 0.05) is 17.7 Å². The zero-order valence-corrected chi connectivity index (χ0v) is 14.9. The first-order chi connectivity index (χ1) is 11.5. The van der Waals surface area contributed by atoms with Crippen LogP contribution in [-0.2, 0) is 6.42 Å². The molecule has 0 aromatic heterocycles. The fourth-order valence-corrected chi connectivity index (χ4v) is 3.08. The maximum atomic E-state index is 12.6. The van der Waals surface area contributed by atoms with E-state index >= 15 is 0 Å². The van der Waals surface area contributed by atoms with Crippen LogP contribution in [0.25, 0.3) is 0 Å². The molecular formula is C19H28N2O3. The summed E-state index contributed by atoms with van der Waals surface area (Å²) in [7, 11) is 3.18. The van der Waals surface area contributed by atoms with Gasteiger partial charge in [-0.1, -0.05) is 13.0 Å². The number of methoxy groups -OCH3 is 2. The Balaban J connectivity index is 2.16. The minimum absolute atomic E-state index is 0.0824. The number of amides is 1. The van der Waals surface area contributed by atoms with Crippen LogP contribution < -0.4 is 20.1 Å². The number of ether oxygens (including phenoxy) is 2. The van der Waals surface area contributed by atoms with Crippen LogP contribution in [0.2, 0.25) is 0 Å². The molecule has 24 heavy (non-hydrogen) atoms. The highest BCUT2D eigenvalue weighted by Crippen LogP contribution is 2.33. The molecule has 0 spiro atoms. The van der Waals surface area contributed by atoms with Gasteiger partial charge in [-0.05, 0) is 49.9 Å². The number of rotatable bonds is 7. The Morgan fingerprint density at radius 2 is 2.04 bits per heavy atom. The third kappa shape index (κ3) is 4.29. The van der Waals surface area contributed by atoms with Crippen LogP contribution in [-0.4, -0.2) is 39.8 Å². The second-order valence-corrected chi connectivity index (χ2v) is 6.61. The second-order valence-electron chi connectivity index (χ2n) is 6.61. The van der Waals surface area contributed by atoms with Crippen molar-refractivity contribution in [3.63, 3.8) is 0 Å². The molecule has 1 saturated heterocycles. The highest BCUT2D eigenvalue weighted by molar-refractivity contribution is 5.95. The van der Waals surface area contributed by atoms with Gasteiger partial charge in [0.1, 0.15) is 0 Å². The Morgan fingerprint density at radius 1 is 1.33 bits per heavy atom. The molecule has 1 aromatic carbocycles. The highest BCUT2D eigenvalue weighted by atomic mass is 16.5. The van der Waals surface area contributed by atoms with Crippen molar-refractivity contribution in [2.45, 2.75) is 26.2 Å². The van der Waals surface area contributed by atoms with Gasteiger partial charge >= 0.3 is 0 Å². The molecule has 1 aromatic rings. The van der Waals surface area contributed by atoms with E-state index in [-0.39, 0.29) is 11.3 Å². The van der Waals surface area contributed by atoms with Crippen LogP contribution in [0, 0.1) is 5.41 Å². The summed E-state index contributed by atoms with van der Waals surface area (Å²) in [6, 6.07) is 3.58. The standard InChI is InChI=1S/C19H28N2O3/c1-5-6-14-11-15(12-16(23-3)17(14)24-4)18(22)21-13-19(2)7-9-20-10-8-19/h5,11-12,20H,1,6-10,13H2,2-4H3,(H,21,22). The molecule has 5 nitrogen and oxygen atoms in total. The molecular weight excluding hydrogens is 304 g/mol. The van der Waals surface area contributed by atoms with E-state index in [1.807, 2.05) is 6.07 Å². The van der Waals surface area contributed by atoms with E-state index in [1.165, 1.54) is 0 Å². The molecule has 1 amide bonds. The van der Waals surface area contributed by atoms with E-state index < -0.39 is 0 Å². The van der Waals surface area contributed by atoms with Crippen molar-refractivity contribution >= 4 is 5.91 Å². The third-order valence-corrected chi connectivity index (χ3v) is 4.67. The van der Waals surface area contributed by atoms with Crippen LogP contribution in [0.15, 0.2) is 24.8 Å². The number of hydrogen-bond acceptors (Lipinski definition) is 4. The quantitative estimate of drug-likeness (QED) is 0.754. The van der Waals surface area contributed by atoms with Gasteiger partial charge in [0.25, 0.3) is 5.91 Å². The zero-order chi connectivity index (χ0) is 17.6. The van der Waals surface area contributed by atoms with E-state index in [0.717, 1.165) is 31.5 Å². The molecule has 0 unspecified atom stereocenters. The normalized spacial score (nSPS) is 16.3. The summed E-state index contributed by atoms with van der Waals surface area (Å²) in [5.74, 6) is 1.13. The summed E-state index contributed by atoms with van der Waals surface area (Å²) in [5.41, 5.74) is 1.63. The number of carbonyl (C=O) groups excluding carboxylic acids is 1. The molecule has 132 valence electrons. The monoisotopic (exact) mass is 332 g/mol. The van der Waals surface area contributed by atoms with E-state index in [9.17, 15) is 4.79 Å². The smallest absolute Gasteiger partial charge is 0.251 e. The third-order valence-electron chi connectivity index (χ3n) is 4.67. The Morgan fingerprint density at radius 3 is 2.62 bits per heavy atom. The van der Waals surface area contributed by atoms with Gasteiger partial charge in [0.15, 0.2) is 11.5 Å². The minimum Gasteiger partial charge on any atom is -0.493 e. The first-order valence-corrected chi connectivity index (χ1v) is 8.37. The maximum Gasteiger partial charge on any atom is 0.251 e. The molecule has 0 saturated carbocycles. The number of hydrogen-bond donors (Lipinski definition) is 2. The molecule has 0 atom stereocenters. The molecule has 2 N–H and O–H groups in total. The van der Waals surface area contributed by atoms with Crippen molar-refractivity contribution < 1.29 is 14.3 Å². The van der Waals surface area contributed by atoms with Crippen molar-refractivity contribution in [1.29, 1.82) is 0 Å². The fraction of sp³-hybridized carbons (Fsp3) is 0.526. The lowest BCUT2D eigenvalue weighted by Crippen LogP contribution is -2.42. The molecule has 0 bridgehead atoms. The Labute approximate surface area is 144 Å². The van der Waals surface area contributed by atoms with Crippen LogP contribution in [0.3, 0.4) is 0 Å². The van der Waals surface area contributed by atoms with E-state index in [2.05, 4.69) is 24.1 Å². The lowest BCUT2D eigenvalue weighted by Gasteiger charge is -2.34. The lowest BCUT2D eigenvalue weighted by atomic mass is 9.81. The minimum atomic E-state index is -0.0824. The van der Waals surface area contributed by atoms with Gasteiger partial charge in [-0.2, -0.15) is 0 Å². The summed E-state index contributed by atoms with van der Waals surface area (Å²) in [5, 5.41) is 6.43. The summed E-state index contributed by atoms with van der Waals surface area (Å²) < 4.78 is 10.8. The van der Waals surface area contributed by atoms with Crippen LogP contribution in [0.4, 0.5) is 0 Å². The number of nitrogens with one attached hydrogen (secondary N) is 2. The van der Waals surface area contributed by atoms with Crippen LogP contribution in [0.5, 0.6) is 11.5 Å². The lowest BCUT2D eigenvalue weighted by molar-refractivity contribution is 0.0921. The molecule has 1 fully saturated rings. The van der Waals surface area contributed by atoms with Gasteiger partial charge in [0.2, 0.25) is 0 Å². The van der Waals surface area contributed by atoms with Crippen LogP contribution >= 0.6 is 0 Å². The summed E-state index contributed by atoms with van der Waals surface area (Å²) in [6.45, 7) is 8.68. The summed E-state index contributed by atoms with van der Waals surface area (Å²) >= 11 is 0. The molecule has 5 heteroatoms. The van der Waals surface area contributed by atoms with Crippen molar-refractivity contribution in [3.05, 3.63) is 35.9 Å². The predicted molar refractivity (Wildman–Crippen MR) is 96.0 cm³/mol. The van der Waals surface area contributed by atoms with Crippen molar-refractivity contribution in [3.8, 4) is 11.5 Å². The predicted octanol–water partition coefficient (Wildman–Crippen LogP) is 2.55. The van der Waals surface area contributed by atoms with Gasteiger partial charge in [-0.3, -0.25) is 4.79 Å². The molecule has 1 aliphatic heterocycles. The van der Waals surface area contributed by atoms with Crippen molar-refractivity contribution in [2.24, 2.45) is 5.41 Å². The molecule has 2 rings (SSSR count). The Kier molecular flexibility index (Phi) is 6.26. The Hall–Kier alpha value is -2.01. The average Bonchev–Trinajstić information content (AvgIpc) is 2.60. The highest BCUT2D eigenvalue weighted by Gasteiger charge is 2.27. The second kappa shape index (κ2) is 8.20. The van der Waals surface area contributed by atoms with Gasteiger partial charge in [0.05, 0.1) is 14.2 Å². The number of benzene rings is 1. The van der Waals surface area contributed by atoms with Crippen LogP contribution in [0.1, 0.15) is 35.7 Å². The number of carbonyl (C=O) groups is 1. The van der Waals surface area contributed by atoms with Gasteiger partial charge in [-0.15, -0.1) is 6.58 Å². The molecule has 0 aliphatic carbocycles. The zero-order valence-electron chi connectivity index (χ0n) is 14.9. The summed E-state index contributed by atoms with van der Waals surface area (Å²) in [6.07, 6.45) is 4.54.